The Hall–Kier alpha value is -2.12. The molecule has 0 aromatic heterocycles. The number of amides is 1. The van der Waals surface area contributed by atoms with Crippen molar-refractivity contribution in [2.24, 2.45) is 17.3 Å². The lowest BCUT2D eigenvalue weighted by Crippen LogP contribution is -2.42. The number of ether oxygens (including phenoxy) is 2. The van der Waals surface area contributed by atoms with Crippen molar-refractivity contribution in [2.45, 2.75) is 13.8 Å². The first-order valence-corrected chi connectivity index (χ1v) is 6.32. The van der Waals surface area contributed by atoms with Crippen LogP contribution in [0.2, 0.25) is 0 Å². The second-order valence-electron chi connectivity index (χ2n) is 5.46. The van der Waals surface area contributed by atoms with Crippen LogP contribution in [0.1, 0.15) is 13.8 Å². The third-order valence-electron chi connectivity index (χ3n) is 3.77. The lowest BCUT2D eigenvalue weighted by atomic mass is 10.1. The minimum absolute atomic E-state index is 0.427. The van der Waals surface area contributed by atoms with Crippen molar-refractivity contribution in [3.8, 4) is 0 Å². The molecule has 0 aromatic rings. The summed E-state index contributed by atoms with van der Waals surface area (Å²) < 4.78 is 8.94. The van der Waals surface area contributed by atoms with Crippen LogP contribution in [-0.2, 0) is 28.7 Å². The molecule has 1 amide bonds. The van der Waals surface area contributed by atoms with Gasteiger partial charge in [0.15, 0.2) is 0 Å². The Morgan fingerprint density at radius 3 is 1.71 bits per heavy atom. The van der Waals surface area contributed by atoms with E-state index >= 15 is 0 Å². The molecule has 0 heterocycles. The van der Waals surface area contributed by atoms with E-state index in [1.165, 1.54) is 0 Å². The molecule has 0 saturated heterocycles. The van der Waals surface area contributed by atoms with Crippen molar-refractivity contribution in [1.82, 2.24) is 4.90 Å². The van der Waals surface area contributed by atoms with E-state index in [1.54, 1.807) is 13.8 Å². The van der Waals surface area contributed by atoms with Crippen molar-refractivity contribution >= 4 is 23.8 Å². The van der Waals surface area contributed by atoms with Gasteiger partial charge >= 0.3 is 17.9 Å². The summed E-state index contributed by atoms with van der Waals surface area (Å²) in [5, 5.41) is 9.09. The minimum Gasteiger partial charge on any atom is -0.481 e. The average molecular weight is 301 g/mol. The summed E-state index contributed by atoms with van der Waals surface area (Å²) >= 11 is 0. The van der Waals surface area contributed by atoms with Gasteiger partial charge in [0.05, 0.1) is 26.1 Å². The summed E-state index contributed by atoms with van der Waals surface area (Å²) in [6.45, 7) is 2.46. The van der Waals surface area contributed by atoms with Gasteiger partial charge in [0.25, 0.3) is 0 Å². The maximum atomic E-state index is 12.4. The number of carboxylic acid groups (broad SMARTS) is 1. The van der Waals surface area contributed by atoms with Gasteiger partial charge < -0.3 is 19.5 Å². The molecule has 0 radical (unpaired) electrons. The number of hydrogen-bond acceptors (Lipinski definition) is 6. The Bertz CT molecular complexity index is 453. The highest BCUT2D eigenvalue weighted by Gasteiger charge is 2.66. The number of methoxy groups -OCH3 is 2. The van der Waals surface area contributed by atoms with Gasteiger partial charge in [-0.25, -0.2) is 0 Å². The number of aliphatic carboxylic acids is 1. The first kappa shape index (κ1) is 16.9. The molecule has 118 valence electrons. The molecule has 2 atom stereocenters. The van der Waals surface area contributed by atoms with Gasteiger partial charge in [-0.3, -0.25) is 19.2 Å². The fraction of sp³-hybridized carbons (Fsp3) is 0.692. The maximum absolute atomic E-state index is 12.4. The monoisotopic (exact) mass is 301 g/mol. The van der Waals surface area contributed by atoms with Gasteiger partial charge in [0.2, 0.25) is 5.91 Å². The van der Waals surface area contributed by atoms with Gasteiger partial charge in [0.1, 0.15) is 13.1 Å². The van der Waals surface area contributed by atoms with Crippen LogP contribution in [0.4, 0.5) is 0 Å². The molecule has 1 aliphatic carbocycles. The van der Waals surface area contributed by atoms with E-state index in [4.69, 9.17) is 5.11 Å². The van der Waals surface area contributed by atoms with Crippen LogP contribution in [0, 0.1) is 17.3 Å². The van der Waals surface area contributed by atoms with Gasteiger partial charge in [-0.05, 0) is 5.41 Å². The standard InChI is InChI=1S/C13H19NO7/c1-13(2)9(10(13)12(18)19)11(17)14(5-7(15)20-3)6-8(16)21-4/h9-10H,5-6H2,1-4H3,(H,18,19). The van der Waals surface area contributed by atoms with E-state index < -0.39 is 54.2 Å². The predicted octanol–water partition coefficient (Wildman–Crippen LogP) is -0.482. The Labute approximate surface area is 122 Å². The van der Waals surface area contributed by atoms with Crippen molar-refractivity contribution in [2.75, 3.05) is 27.3 Å². The van der Waals surface area contributed by atoms with Crippen molar-refractivity contribution in [3.05, 3.63) is 0 Å². The number of carboxylic acids is 1. The van der Waals surface area contributed by atoms with E-state index in [-0.39, 0.29) is 0 Å². The summed E-state index contributed by atoms with van der Waals surface area (Å²) in [6.07, 6.45) is 0. The van der Waals surface area contributed by atoms with Crippen LogP contribution in [0.25, 0.3) is 0 Å². The van der Waals surface area contributed by atoms with E-state index in [2.05, 4.69) is 9.47 Å². The van der Waals surface area contributed by atoms with Crippen LogP contribution >= 0.6 is 0 Å². The van der Waals surface area contributed by atoms with Crippen LogP contribution in [-0.4, -0.2) is 61.1 Å². The number of rotatable bonds is 6. The summed E-state index contributed by atoms with van der Waals surface area (Å²) in [4.78, 5) is 47.1. The molecule has 2 unspecified atom stereocenters. The molecule has 1 fully saturated rings. The van der Waals surface area contributed by atoms with E-state index in [9.17, 15) is 19.2 Å². The summed E-state index contributed by atoms with van der Waals surface area (Å²) in [5.41, 5.74) is -0.715. The molecule has 1 rings (SSSR count). The second kappa shape index (κ2) is 6.11. The molecule has 0 spiro atoms. The molecule has 8 nitrogen and oxygen atoms in total. The van der Waals surface area contributed by atoms with Gasteiger partial charge in [0, 0.05) is 0 Å². The first-order chi connectivity index (χ1) is 9.66. The lowest BCUT2D eigenvalue weighted by Gasteiger charge is -2.20. The SMILES string of the molecule is COC(=O)CN(CC(=O)OC)C(=O)C1C(C(=O)O)C1(C)C. The summed E-state index contributed by atoms with van der Waals surface area (Å²) in [7, 11) is 2.31. The molecule has 0 aliphatic heterocycles. The topological polar surface area (TPSA) is 110 Å². The minimum atomic E-state index is -1.07. The fourth-order valence-corrected chi connectivity index (χ4v) is 2.41. The zero-order valence-corrected chi connectivity index (χ0v) is 12.4. The average Bonchev–Trinajstić information content (AvgIpc) is 2.99. The van der Waals surface area contributed by atoms with E-state index in [1.807, 2.05) is 0 Å². The highest BCUT2D eigenvalue weighted by molar-refractivity contribution is 5.94. The molecule has 1 saturated carbocycles. The van der Waals surface area contributed by atoms with Gasteiger partial charge in [-0.1, -0.05) is 13.8 Å². The fourth-order valence-electron chi connectivity index (χ4n) is 2.41. The van der Waals surface area contributed by atoms with Crippen molar-refractivity contribution < 1.29 is 33.8 Å². The third-order valence-corrected chi connectivity index (χ3v) is 3.77. The molecule has 8 heteroatoms. The number of esters is 2. The zero-order valence-electron chi connectivity index (χ0n) is 12.4. The largest absolute Gasteiger partial charge is 0.481 e. The highest BCUT2D eigenvalue weighted by atomic mass is 16.5. The van der Waals surface area contributed by atoms with Crippen LogP contribution in [0.3, 0.4) is 0 Å². The van der Waals surface area contributed by atoms with Crippen molar-refractivity contribution in [3.63, 3.8) is 0 Å². The molecular formula is C13H19NO7. The van der Waals surface area contributed by atoms with E-state index in [0.717, 1.165) is 19.1 Å². The molecule has 0 bridgehead atoms. The number of nitrogens with zero attached hydrogens (tertiary/aromatic N) is 1. The molecule has 0 aromatic carbocycles. The third kappa shape index (κ3) is 3.50. The zero-order chi connectivity index (χ0) is 16.4. The Morgan fingerprint density at radius 2 is 1.43 bits per heavy atom. The first-order valence-electron chi connectivity index (χ1n) is 6.32. The van der Waals surface area contributed by atoms with Crippen LogP contribution < -0.4 is 0 Å². The Morgan fingerprint density at radius 1 is 1.00 bits per heavy atom. The normalized spacial score (nSPS) is 22.1. The molecular weight excluding hydrogens is 282 g/mol. The van der Waals surface area contributed by atoms with E-state index in [0.29, 0.717) is 0 Å². The Balaban J connectivity index is 2.88. The number of hydrogen-bond donors (Lipinski definition) is 1. The quantitative estimate of drug-likeness (QED) is 0.659. The summed E-state index contributed by atoms with van der Waals surface area (Å²) in [5.74, 6) is -4.64. The van der Waals surface area contributed by atoms with Crippen molar-refractivity contribution in [1.29, 1.82) is 0 Å². The smallest absolute Gasteiger partial charge is 0.325 e. The van der Waals surface area contributed by atoms with Gasteiger partial charge in [-0.15, -0.1) is 0 Å². The summed E-state index contributed by atoms with van der Waals surface area (Å²) in [6, 6.07) is 0. The predicted molar refractivity (Wildman–Crippen MR) is 69.0 cm³/mol. The Kier molecular flexibility index (Phi) is 4.93. The highest BCUT2D eigenvalue weighted by Crippen LogP contribution is 2.59. The molecule has 21 heavy (non-hydrogen) atoms. The number of carbonyl (C=O) groups excluding carboxylic acids is 3. The lowest BCUT2D eigenvalue weighted by molar-refractivity contribution is -0.153. The maximum Gasteiger partial charge on any atom is 0.325 e. The van der Waals surface area contributed by atoms with Crippen LogP contribution in [0.5, 0.6) is 0 Å². The van der Waals surface area contributed by atoms with Gasteiger partial charge in [-0.2, -0.15) is 0 Å². The second-order valence-corrected chi connectivity index (χ2v) is 5.46. The molecule has 1 N–H and O–H groups in total. The molecule has 1 aliphatic rings. The van der Waals surface area contributed by atoms with Crippen LogP contribution in [0.15, 0.2) is 0 Å². The number of carbonyl (C=O) groups is 4.